The van der Waals surface area contributed by atoms with Gasteiger partial charge in [-0.15, -0.1) is 0 Å². The molecule has 1 N–H and O–H groups in total. The van der Waals surface area contributed by atoms with Crippen LogP contribution in [0.1, 0.15) is 32.1 Å². The number of hydrogen-bond donors (Lipinski definition) is 1. The highest BCUT2D eigenvalue weighted by atomic mass is 16.2. The molecule has 2 aliphatic rings. The lowest BCUT2D eigenvalue weighted by molar-refractivity contribution is -0.140. The Balaban J connectivity index is 2.20. The molecule has 1 saturated carbocycles. The topological polar surface area (TPSA) is 46.2 Å². The molecule has 0 atom stereocenters. The number of carbonyl (C=O) groups is 2. The molecule has 3 heteroatoms. The van der Waals surface area contributed by atoms with Gasteiger partial charge in [-0.05, 0) is 12.8 Å². The van der Waals surface area contributed by atoms with Gasteiger partial charge in [0.05, 0.1) is 12.0 Å². The van der Waals surface area contributed by atoms with Crippen LogP contribution in [0.25, 0.3) is 0 Å². The second kappa shape index (κ2) is 2.57. The number of rotatable bonds is 0. The highest BCUT2D eigenvalue weighted by molar-refractivity contribution is 5.96. The Kier molecular flexibility index (Phi) is 1.67. The SMILES string of the molecule is O=C1CNC(=O)C2(CCCC2)C1. The van der Waals surface area contributed by atoms with Crippen molar-refractivity contribution in [3.05, 3.63) is 0 Å². The standard InChI is InChI=1S/C9H13NO2/c11-7-5-9(3-1-2-4-9)8(12)10-6-7/h1-6H2,(H,10,12). The van der Waals surface area contributed by atoms with Gasteiger partial charge in [-0.2, -0.15) is 0 Å². The first-order valence-corrected chi connectivity index (χ1v) is 4.53. The van der Waals surface area contributed by atoms with Crippen molar-refractivity contribution in [1.29, 1.82) is 0 Å². The maximum Gasteiger partial charge on any atom is 0.227 e. The Morgan fingerprint density at radius 3 is 2.50 bits per heavy atom. The number of Topliss-reactive ketones (excluding diaryl/α,β-unsaturated/α-hetero) is 1. The van der Waals surface area contributed by atoms with Crippen molar-refractivity contribution >= 4 is 11.7 Å². The molecule has 1 amide bonds. The number of nitrogens with one attached hydrogen (secondary N) is 1. The Morgan fingerprint density at radius 1 is 1.17 bits per heavy atom. The predicted molar refractivity (Wildman–Crippen MR) is 43.5 cm³/mol. The van der Waals surface area contributed by atoms with Crippen molar-refractivity contribution in [3.8, 4) is 0 Å². The van der Waals surface area contributed by atoms with E-state index in [-0.39, 0.29) is 23.7 Å². The largest absolute Gasteiger partial charge is 0.349 e. The zero-order valence-electron chi connectivity index (χ0n) is 7.06. The van der Waals surface area contributed by atoms with Gasteiger partial charge in [0.1, 0.15) is 0 Å². The van der Waals surface area contributed by atoms with Crippen LogP contribution in [0.15, 0.2) is 0 Å². The third-order valence-corrected chi connectivity index (χ3v) is 3.02. The summed E-state index contributed by atoms with van der Waals surface area (Å²) in [5, 5.41) is 2.68. The van der Waals surface area contributed by atoms with Crippen LogP contribution in [-0.2, 0) is 9.59 Å². The summed E-state index contributed by atoms with van der Waals surface area (Å²) in [6.45, 7) is 0.251. The highest BCUT2D eigenvalue weighted by Crippen LogP contribution is 2.42. The van der Waals surface area contributed by atoms with Crippen molar-refractivity contribution in [3.63, 3.8) is 0 Å². The minimum Gasteiger partial charge on any atom is -0.349 e. The molecule has 12 heavy (non-hydrogen) atoms. The van der Waals surface area contributed by atoms with Gasteiger partial charge in [0.15, 0.2) is 5.78 Å². The van der Waals surface area contributed by atoms with E-state index in [4.69, 9.17) is 0 Å². The average molecular weight is 167 g/mol. The molecule has 2 fully saturated rings. The van der Waals surface area contributed by atoms with E-state index in [1.54, 1.807) is 0 Å². The quantitative estimate of drug-likeness (QED) is 0.575. The van der Waals surface area contributed by atoms with E-state index >= 15 is 0 Å². The zero-order valence-corrected chi connectivity index (χ0v) is 7.06. The summed E-state index contributed by atoms with van der Waals surface area (Å²) in [4.78, 5) is 22.7. The van der Waals surface area contributed by atoms with Crippen molar-refractivity contribution in [1.82, 2.24) is 5.32 Å². The fourth-order valence-corrected chi connectivity index (χ4v) is 2.34. The van der Waals surface area contributed by atoms with Crippen LogP contribution in [0.4, 0.5) is 0 Å². The van der Waals surface area contributed by atoms with Gasteiger partial charge < -0.3 is 5.32 Å². The third kappa shape index (κ3) is 1.04. The lowest BCUT2D eigenvalue weighted by Gasteiger charge is -2.30. The predicted octanol–water partition coefficient (Wildman–Crippen LogP) is 0.636. The molecule has 0 aromatic rings. The summed E-state index contributed by atoms with van der Waals surface area (Å²) in [7, 11) is 0. The molecule has 2 rings (SSSR count). The van der Waals surface area contributed by atoms with E-state index in [0.29, 0.717) is 6.42 Å². The maximum atomic E-state index is 11.5. The second-order valence-corrected chi connectivity index (χ2v) is 3.89. The fourth-order valence-electron chi connectivity index (χ4n) is 2.34. The van der Waals surface area contributed by atoms with Gasteiger partial charge in [-0.3, -0.25) is 9.59 Å². The fraction of sp³-hybridized carbons (Fsp3) is 0.778. The molecule has 3 nitrogen and oxygen atoms in total. The van der Waals surface area contributed by atoms with Crippen molar-refractivity contribution < 1.29 is 9.59 Å². The first kappa shape index (κ1) is 7.77. The van der Waals surface area contributed by atoms with Gasteiger partial charge >= 0.3 is 0 Å². The van der Waals surface area contributed by atoms with Crippen LogP contribution in [0, 0.1) is 5.41 Å². The highest BCUT2D eigenvalue weighted by Gasteiger charge is 2.44. The Bertz CT molecular complexity index is 229. The number of ketones is 1. The summed E-state index contributed by atoms with van der Waals surface area (Å²) in [5.74, 6) is 0.302. The van der Waals surface area contributed by atoms with Crippen molar-refractivity contribution in [2.75, 3.05) is 6.54 Å². The summed E-state index contributed by atoms with van der Waals surface area (Å²) in [6.07, 6.45) is 4.50. The summed E-state index contributed by atoms with van der Waals surface area (Å²) in [6, 6.07) is 0. The molecular formula is C9H13NO2. The van der Waals surface area contributed by atoms with Crippen LogP contribution in [0.3, 0.4) is 0 Å². The molecule has 0 unspecified atom stereocenters. The number of piperidine rings is 1. The summed E-state index contributed by atoms with van der Waals surface area (Å²) >= 11 is 0. The Labute approximate surface area is 71.5 Å². The van der Waals surface area contributed by atoms with Crippen LogP contribution in [0.5, 0.6) is 0 Å². The molecule has 0 aromatic carbocycles. The lowest BCUT2D eigenvalue weighted by atomic mass is 9.78. The molecule has 0 bridgehead atoms. The van der Waals surface area contributed by atoms with Crippen LogP contribution in [-0.4, -0.2) is 18.2 Å². The van der Waals surface area contributed by atoms with Gasteiger partial charge in [0, 0.05) is 6.42 Å². The van der Waals surface area contributed by atoms with Gasteiger partial charge in [0.25, 0.3) is 0 Å². The summed E-state index contributed by atoms with van der Waals surface area (Å²) < 4.78 is 0. The minimum absolute atomic E-state index is 0.111. The van der Waals surface area contributed by atoms with E-state index in [1.165, 1.54) is 0 Å². The normalized spacial score (nSPS) is 27.7. The van der Waals surface area contributed by atoms with Gasteiger partial charge in [-0.1, -0.05) is 12.8 Å². The first-order chi connectivity index (χ1) is 5.73. The third-order valence-electron chi connectivity index (χ3n) is 3.02. The summed E-state index contributed by atoms with van der Waals surface area (Å²) in [5.41, 5.74) is -0.296. The van der Waals surface area contributed by atoms with E-state index in [2.05, 4.69) is 5.32 Å². The van der Waals surface area contributed by atoms with Gasteiger partial charge in [-0.25, -0.2) is 0 Å². The lowest BCUT2D eigenvalue weighted by Crippen LogP contribution is -2.48. The monoisotopic (exact) mass is 167 g/mol. The van der Waals surface area contributed by atoms with Crippen molar-refractivity contribution in [2.24, 2.45) is 5.41 Å². The van der Waals surface area contributed by atoms with Crippen molar-refractivity contribution in [2.45, 2.75) is 32.1 Å². The molecule has 1 aliphatic heterocycles. The van der Waals surface area contributed by atoms with E-state index in [0.717, 1.165) is 25.7 Å². The average Bonchev–Trinajstić information content (AvgIpc) is 2.48. The molecule has 1 saturated heterocycles. The number of hydrogen-bond acceptors (Lipinski definition) is 2. The molecular weight excluding hydrogens is 154 g/mol. The Hall–Kier alpha value is -0.860. The zero-order chi connectivity index (χ0) is 8.60. The van der Waals surface area contributed by atoms with E-state index in [1.807, 2.05) is 0 Å². The number of carbonyl (C=O) groups excluding carboxylic acids is 2. The molecule has 1 heterocycles. The number of amides is 1. The molecule has 1 spiro atoms. The molecule has 0 aromatic heterocycles. The van der Waals surface area contributed by atoms with Crippen LogP contribution < -0.4 is 5.32 Å². The molecule has 1 aliphatic carbocycles. The van der Waals surface area contributed by atoms with Gasteiger partial charge in [0.2, 0.25) is 5.91 Å². The maximum absolute atomic E-state index is 11.5. The molecule has 0 radical (unpaired) electrons. The first-order valence-electron chi connectivity index (χ1n) is 4.53. The smallest absolute Gasteiger partial charge is 0.227 e. The van der Waals surface area contributed by atoms with E-state index < -0.39 is 0 Å². The minimum atomic E-state index is -0.296. The van der Waals surface area contributed by atoms with E-state index in [9.17, 15) is 9.59 Å². The van der Waals surface area contributed by atoms with Crippen LogP contribution in [0.2, 0.25) is 0 Å². The second-order valence-electron chi connectivity index (χ2n) is 3.89. The Morgan fingerprint density at radius 2 is 1.83 bits per heavy atom. The van der Waals surface area contributed by atoms with Crippen LogP contribution >= 0.6 is 0 Å². The molecule has 66 valence electrons.